The van der Waals surface area contributed by atoms with E-state index in [0.717, 1.165) is 43.2 Å². The van der Waals surface area contributed by atoms with E-state index in [2.05, 4.69) is 61.1 Å². The van der Waals surface area contributed by atoms with Gasteiger partial charge in [-0.1, -0.05) is 30.3 Å². The average Bonchev–Trinajstić information content (AvgIpc) is 3.35. The lowest BCUT2D eigenvalue weighted by Gasteiger charge is -2.32. The second kappa shape index (κ2) is 7.20. The van der Waals surface area contributed by atoms with Crippen LogP contribution >= 0.6 is 0 Å². The van der Waals surface area contributed by atoms with Crippen molar-refractivity contribution < 1.29 is 0 Å². The summed E-state index contributed by atoms with van der Waals surface area (Å²) in [6, 6.07) is 16.8. The molecular weight excluding hydrogens is 348 g/mol. The van der Waals surface area contributed by atoms with Crippen LogP contribution in [0.15, 0.2) is 60.9 Å². The van der Waals surface area contributed by atoms with Gasteiger partial charge in [0.1, 0.15) is 5.82 Å². The number of fused-ring (bicyclic) bond motifs is 1. The minimum Gasteiger partial charge on any atom is -0.298 e. The van der Waals surface area contributed by atoms with E-state index in [1.54, 1.807) is 0 Å². The highest BCUT2D eigenvalue weighted by Crippen LogP contribution is 2.29. The maximum absolute atomic E-state index is 4.50. The number of nitrogens with zero attached hydrogens (tertiary/aromatic N) is 6. The van der Waals surface area contributed by atoms with Crippen molar-refractivity contribution in [3.8, 4) is 11.3 Å². The van der Waals surface area contributed by atoms with E-state index >= 15 is 0 Å². The molecule has 1 aliphatic rings. The van der Waals surface area contributed by atoms with E-state index in [1.807, 2.05) is 36.1 Å². The van der Waals surface area contributed by atoms with Gasteiger partial charge in [0.15, 0.2) is 5.65 Å². The first-order chi connectivity index (χ1) is 13.8. The molecule has 1 aromatic carbocycles. The summed E-state index contributed by atoms with van der Waals surface area (Å²) in [6.45, 7) is 3.07. The maximum Gasteiger partial charge on any atom is 0.160 e. The van der Waals surface area contributed by atoms with Gasteiger partial charge in [0.05, 0.1) is 5.69 Å². The van der Waals surface area contributed by atoms with Crippen molar-refractivity contribution in [1.82, 2.24) is 29.3 Å². The van der Waals surface area contributed by atoms with Crippen molar-refractivity contribution >= 4 is 5.65 Å². The maximum atomic E-state index is 4.50. The van der Waals surface area contributed by atoms with Gasteiger partial charge in [-0.05, 0) is 43.1 Å². The smallest absolute Gasteiger partial charge is 0.160 e. The summed E-state index contributed by atoms with van der Waals surface area (Å²) in [5.41, 5.74) is 4.69. The van der Waals surface area contributed by atoms with E-state index < -0.39 is 0 Å². The van der Waals surface area contributed by atoms with Gasteiger partial charge >= 0.3 is 0 Å². The normalized spacial score (nSPS) is 18.0. The molecule has 3 aromatic heterocycles. The lowest BCUT2D eigenvalue weighted by molar-refractivity contribution is 0.196. The van der Waals surface area contributed by atoms with Crippen LogP contribution in [0.3, 0.4) is 0 Å². The SMILES string of the molecule is Cn1nccc1-c1ccccc1CN1CCCC(c2nnc3ccccn23)C1. The lowest BCUT2D eigenvalue weighted by Crippen LogP contribution is -2.34. The summed E-state index contributed by atoms with van der Waals surface area (Å²) in [4.78, 5) is 2.55. The van der Waals surface area contributed by atoms with Gasteiger partial charge in [-0.3, -0.25) is 14.0 Å². The van der Waals surface area contributed by atoms with Crippen molar-refractivity contribution in [3.63, 3.8) is 0 Å². The topological polar surface area (TPSA) is 51.2 Å². The Labute approximate surface area is 164 Å². The van der Waals surface area contributed by atoms with E-state index in [9.17, 15) is 0 Å². The van der Waals surface area contributed by atoms with Crippen LogP contribution < -0.4 is 0 Å². The number of hydrogen-bond acceptors (Lipinski definition) is 4. The van der Waals surface area contributed by atoms with Gasteiger partial charge in [-0.2, -0.15) is 5.10 Å². The van der Waals surface area contributed by atoms with E-state index in [0.29, 0.717) is 5.92 Å². The van der Waals surface area contributed by atoms with Crippen LogP contribution in [-0.4, -0.2) is 42.4 Å². The number of hydrogen-bond donors (Lipinski definition) is 0. The van der Waals surface area contributed by atoms with Gasteiger partial charge in [-0.15, -0.1) is 10.2 Å². The number of rotatable bonds is 4. The number of piperidine rings is 1. The van der Waals surface area contributed by atoms with Crippen LogP contribution in [0.25, 0.3) is 16.9 Å². The number of aryl methyl sites for hydroxylation is 1. The van der Waals surface area contributed by atoms with Gasteiger partial charge in [0.2, 0.25) is 0 Å². The van der Waals surface area contributed by atoms with Crippen LogP contribution in [0.4, 0.5) is 0 Å². The molecule has 1 fully saturated rings. The van der Waals surface area contributed by atoms with Crippen molar-refractivity contribution in [1.29, 1.82) is 0 Å². The van der Waals surface area contributed by atoms with Crippen LogP contribution in [0, 0.1) is 0 Å². The predicted octanol–water partition coefficient (Wildman–Crippen LogP) is 3.51. The Bertz CT molecular complexity index is 1100. The van der Waals surface area contributed by atoms with E-state index in [1.165, 1.54) is 17.5 Å². The number of benzene rings is 1. The minimum atomic E-state index is 0.412. The molecule has 0 aliphatic carbocycles. The molecule has 1 atom stereocenters. The Morgan fingerprint density at radius 3 is 2.82 bits per heavy atom. The van der Waals surface area contributed by atoms with Crippen LogP contribution in [0.2, 0.25) is 0 Å². The summed E-state index contributed by atoms with van der Waals surface area (Å²) < 4.78 is 4.08. The molecule has 1 unspecified atom stereocenters. The zero-order valence-electron chi connectivity index (χ0n) is 16.1. The third-order valence-corrected chi connectivity index (χ3v) is 5.72. The van der Waals surface area contributed by atoms with Crippen LogP contribution in [0.5, 0.6) is 0 Å². The Kier molecular flexibility index (Phi) is 4.41. The van der Waals surface area contributed by atoms with Gasteiger partial charge in [0, 0.05) is 44.0 Å². The molecule has 6 nitrogen and oxygen atoms in total. The highest BCUT2D eigenvalue weighted by atomic mass is 15.3. The predicted molar refractivity (Wildman–Crippen MR) is 109 cm³/mol. The van der Waals surface area contributed by atoms with Crippen LogP contribution in [-0.2, 0) is 13.6 Å². The van der Waals surface area contributed by atoms with Crippen molar-refractivity contribution in [2.24, 2.45) is 7.05 Å². The third-order valence-electron chi connectivity index (χ3n) is 5.72. The Hall–Kier alpha value is -2.99. The quantitative estimate of drug-likeness (QED) is 0.550. The third kappa shape index (κ3) is 3.10. The molecule has 0 spiro atoms. The molecule has 1 saturated heterocycles. The molecule has 28 heavy (non-hydrogen) atoms. The second-order valence-electron chi connectivity index (χ2n) is 7.56. The summed E-state index contributed by atoms with van der Waals surface area (Å²) in [5, 5.41) is 13.2. The van der Waals surface area contributed by atoms with Gasteiger partial charge < -0.3 is 0 Å². The Morgan fingerprint density at radius 1 is 1.04 bits per heavy atom. The van der Waals surface area contributed by atoms with E-state index in [-0.39, 0.29) is 0 Å². The average molecular weight is 372 g/mol. The molecule has 0 N–H and O–H groups in total. The zero-order valence-corrected chi connectivity index (χ0v) is 16.1. The monoisotopic (exact) mass is 372 g/mol. The zero-order chi connectivity index (χ0) is 18.9. The Morgan fingerprint density at radius 2 is 1.93 bits per heavy atom. The lowest BCUT2D eigenvalue weighted by atomic mass is 9.96. The van der Waals surface area contributed by atoms with Crippen LogP contribution in [0.1, 0.15) is 30.1 Å². The highest BCUT2D eigenvalue weighted by molar-refractivity contribution is 5.63. The van der Waals surface area contributed by atoms with Crippen molar-refractivity contribution in [2.75, 3.05) is 13.1 Å². The molecule has 4 heterocycles. The molecule has 0 amide bonds. The first-order valence-electron chi connectivity index (χ1n) is 9.88. The van der Waals surface area contributed by atoms with Gasteiger partial charge in [-0.25, -0.2) is 0 Å². The summed E-state index contributed by atoms with van der Waals surface area (Å²) in [5.74, 6) is 1.50. The first kappa shape index (κ1) is 17.1. The number of pyridine rings is 1. The van der Waals surface area contributed by atoms with E-state index in [4.69, 9.17) is 0 Å². The molecule has 0 saturated carbocycles. The molecule has 0 bridgehead atoms. The molecule has 5 rings (SSSR count). The molecule has 4 aromatic rings. The molecule has 1 aliphatic heterocycles. The van der Waals surface area contributed by atoms with Crippen molar-refractivity contribution in [3.05, 3.63) is 72.3 Å². The summed E-state index contributed by atoms with van der Waals surface area (Å²) >= 11 is 0. The fourth-order valence-corrected chi connectivity index (χ4v) is 4.34. The summed E-state index contributed by atoms with van der Waals surface area (Å²) in [7, 11) is 2.00. The molecule has 142 valence electrons. The summed E-state index contributed by atoms with van der Waals surface area (Å²) in [6.07, 6.45) is 6.27. The Balaban J connectivity index is 1.39. The van der Waals surface area contributed by atoms with Gasteiger partial charge in [0.25, 0.3) is 0 Å². The molecular formula is C22H24N6. The molecule has 6 heteroatoms. The highest BCUT2D eigenvalue weighted by Gasteiger charge is 2.25. The standard InChI is InChI=1S/C22H24N6/c1-26-20(11-12-23-26)19-9-3-2-7-17(19)15-27-13-6-8-18(16-27)22-25-24-21-10-4-5-14-28(21)22/h2-5,7,9-12,14,18H,6,8,13,15-16H2,1H3. The first-order valence-corrected chi connectivity index (χ1v) is 9.88. The number of likely N-dealkylation sites (tertiary alicyclic amines) is 1. The fraction of sp³-hybridized carbons (Fsp3) is 0.318. The van der Waals surface area contributed by atoms with Crippen molar-refractivity contribution in [2.45, 2.75) is 25.3 Å². The fourth-order valence-electron chi connectivity index (χ4n) is 4.34. The number of aromatic nitrogens is 5. The second-order valence-corrected chi connectivity index (χ2v) is 7.56. The minimum absolute atomic E-state index is 0.412. The largest absolute Gasteiger partial charge is 0.298 e. The molecule has 0 radical (unpaired) electrons.